The van der Waals surface area contributed by atoms with Gasteiger partial charge in [-0.1, -0.05) is 25.0 Å². The highest BCUT2D eigenvalue weighted by molar-refractivity contribution is 5.16. The molecule has 0 aromatic heterocycles. The lowest BCUT2D eigenvalue weighted by molar-refractivity contribution is 0.162. The first-order valence-electron chi connectivity index (χ1n) is 6.37. The van der Waals surface area contributed by atoms with E-state index in [0.29, 0.717) is 6.04 Å². The monoisotopic (exact) mass is 236 g/mol. The summed E-state index contributed by atoms with van der Waals surface area (Å²) in [6.45, 7) is 0.846. The van der Waals surface area contributed by atoms with Crippen LogP contribution in [0.4, 0.5) is 4.39 Å². The summed E-state index contributed by atoms with van der Waals surface area (Å²) >= 11 is 0. The number of rotatable bonds is 3. The van der Waals surface area contributed by atoms with Crippen molar-refractivity contribution in [2.24, 2.45) is 5.73 Å². The molecule has 0 amide bonds. The number of nitrogens with zero attached hydrogens (tertiary/aromatic N) is 1. The molecule has 2 rings (SSSR count). The third-order valence-corrected chi connectivity index (χ3v) is 3.69. The summed E-state index contributed by atoms with van der Waals surface area (Å²) < 4.78 is 12.8. The van der Waals surface area contributed by atoms with Crippen LogP contribution in [0.15, 0.2) is 24.3 Å². The molecule has 17 heavy (non-hydrogen) atoms. The standard InChI is InChI=1S/C14H21FN2/c1-17(14-5-3-2-4-13(14)16)10-11-6-8-12(15)9-7-11/h6-9,13-14H,2-5,10,16H2,1H3. The van der Waals surface area contributed by atoms with E-state index >= 15 is 0 Å². The van der Waals surface area contributed by atoms with Crippen LogP contribution in [0.3, 0.4) is 0 Å². The fourth-order valence-corrected chi connectivity index (χ4v) is 2.68. The van der Waals surface area contributed by atoms with Crippen molar-refractivity contribution in [3.05, 3.63) is 35.6 Å². The van der Waals surface area contributed by atoms with E-state index in [1.54, 1.807) is 0 Å². The topological polar surface area (TPSA) is 29.3 Å². The molecule has 2 unspecified atom stereocenters. The number of likely N-dealkylation sites (N-methyl/N-ethyl adjacent to an activating group) is 1. The van der Waals surface area contributed by atoms with Crippen LogP contribution in [0.2, 0.25) is 0 Å². The van der Waals surface area contributed by atoms with E-state index in [1.807, 2.05) is 12.1 Å². The molecule has 1 aliphatic rings. The first-order valence-corrected chi connectivity index (χ1v) is 6.37. The second-order valence-electron chi connectivity index (χ2n) is 5.06. The highest BCUT2D eigenvalue weighted by Gasteiger charge is 2.25. The minimum absolute atomic E-state index is 0.175. The normalized spacial score (nSPS) is 25.2. The Bertz CT molecular complexity index is 350. The van der Waals surface area contributed by atoms with E-state index in [0.717, 1.165) is 18.5 Å². The summed E-state index contributed by atoms with van der Waals surface area (Å²) in [5, 5.41) is 0. The lowest BCUT2D eigenvalue weighted by Crippen LogP contribution is -2.47. The Morgan fingerprint density at radius 1 is 1.24 bits per heavy atom. The van der Waals surface area contributed by atoms with Crippen molar-refractivity contribution in [2.45, 2.75) is 44.3 Å². The SMILES string of the molecule is CN(Cc1ccc(F)cc1)C1CCCCC1N. The molecule has 3 heteroatoms. The molecule has 0 aliphatic heterocycles. The number of benzene rings is 1. The molecule has 1 aliphatic carbocycles. The number of hydrogen-bond donors (Lipinski definition) is 1. The van der Waals surface area contributed by atoms with E-state index in [2.05, 4.69) is 11.9 Å². The van der Waals surface area contributed by atoms with Gasteiger partial charge in [0.25, 0.3) is 0 Å². The van der Waals surface area contributed by atoms with Crippen LogP contribution < -0.4 is 5.73 Å². The van der Waals surface area contributed by atoms with Crippen molar-refractivity contribution in [1.82, 2.24) is 4.90 Å². The summed E-state index contributed by atoms with van der Waals surface area (Å²) in [6.07, 6.45) is 4.82. The summed E-state index contributed by atoms with van der Waals surface area (Å²) in [6, 6.07) is 7.48. The van der Waals surface area contributed by atoms with Gasteiger partial charge in [0, 0.05) is 18.6 Å². The van der Waals surface area contributed by atoms with Crippen LogP contribution in [-0.4, -0.2) is 24.0 Å². The zero-order valence-corrected chi connectivity index (χ0v) is 10.4. The maximum Gasteiger partial charge on any atom is 0.123 e. The number of halogens is 1. The first-order chi connectivity index (χ1) is 8.16. The Morgan fingerprint density at radius 3 is 2.53 bits per heavy atom. The molecular formula is C14H21FN2. The van der Waals surface area contributed by atoms with Crippen LogP contribution in [0.1, 0.15) is 31.2 Å². The lowest BCUT2D eigenvalue weighted by atomic mass is 9.90. The lowest BCUT2D eigenvalue weighted by Gasteiger charge is -2.36. The quantitative estimate of drug-likeness (QED) is 0.873. The van der Waals surface area contributed by atoms with Crippen molar-refractivity contribution in [2.75, 3.05) is 7.05 Å². The zero-order chi connectivity index (χ0) is 12.3. The highest BCUT2D eigenvalue weighted by Crippen LogP contribution is 2.22. The number of nitrogens with two attached hydrogens (primary N) is 1. The van der Waals surface area contributed by atoms with Gasteiger partial charge >= 0.3 is 0 Å². The minimum atomic E-state index is -0.175. The summed E-state index contributed by atoms with van der Waals surface area (Å²) in [7, 11) is 2.11. The Morgan fingerprint density at radius 2 is 1.88 bits per heavy atom. The van der Waals surface area contributed by atoms with Gasteiger partial charge in [-0.15, -0.1) is 0 Å². The number of hydrogen-bond acceptors (Lipinski definition) is 2. The van der Waals surface area contributed by atoms with Crippen LogP contribution in [0.25, 0.3) is 0 Å². The van der Waals surface area contributed by atoms with Gasteiger partial charge in [-0.25, -0.2) is 4.39 Å². The van der Waals surface area contributed by atoms with Crippen molar-refractivity contribution in [1.29, 1.82) is 0 Å². The molecule has 0 bridgehead atoms. The second kappa shape index (κ2) is 5.61. The van der Waals surface area contributed by atoms with Gasteiger partial charge in [-0.2, -0.15) is 0 Å². The molecule has 0 heterocycles. The Labute approximate surface area is 103 Å². The molecule has 1 aromatic carbocycles. The summed E-state index contributed by atoms with van der Waals surface area (Å²) in [4.78, 5) is 2.30. The fourth-order valence-electron chi connectivity index (χ4n) is 2.68. The average molecular weight is 236 g/mol. The van der Waals surface area contributed by atoms with Crippen LogP contribution >= 0.6 is 0 Å². The Hall–Kier alpha value is -0.930. The smallest absolute Gasteiger partial charge is 0.123 e. The van der Waals surface area contributed by atoms with Gasteiger partial charge in [0.1, 0.15) is 5.82 Å². The van der Waals surface area contributed by atoms with Crippen LogP contribution in [-0.2, 0) is 6.54 Å². The fraction of sp³-hybridized carbons (Fsp3) is 0.571. The molecule has 0 spiro atoms. The Balaban J connectivity index is 1.95. The second-order valence-corrected chi connectivity index (χ2v) is 5.06. The third-order valence-electron chi connectivity index (χ3n) is 3.69. The summed E-state index contributed by atoms with van der Waals surface area (Å²) in [5.74, 6) is -0.175. The molecule has 0 saturated heterocycles. The first kappa shape index (κ1) is 12.5. The van der Waals surface area contributed by atoms with Crippen molar-refractivity contribution in [3.63, 3.8) is 0 Å². The van der Waals surface area contributed by atoms with E-state index < -0.39 is 0 Å². The minimum Gasteiger partial charge on any atom is -0.326 e. The van der Waals surface area contributed by atoms with Gasteiger partial charge in [0.05, 0.1) is 0 Å². The van der Waals surface area contributed by atoms with E-state index in [1.165, 1.54) is 31.4 Å². The molecule has 0 radical (unpaired) electrons. The molecule has 1 aromatic rings. The molecule has 94 valence electrons. The molecule has 2 N–H and O–H groups in total. The molecular weight excluding hydrogens is 215 g/mol. The maximum absolute atomic E-state index is 12.8. The Kier molecular flexibility index (Phi) is 4.13. The molecule has 1 saturated carbocycles. The highest BCUT2D eigenvalue weighted by atomic mass is 19.1. The van der Waals surface area contributed by atoms with Gasteiger partial charge in [0.15, 0.2) is 0 Å². The molecule has 2 nitrogen and oxygen atoms in total. The molecule has 2 atom stereocenters. The average Bonchev–Trinajstić information content (AvgIpc) is 2.32. The predicted octanol–water partition coefficient (Wildman–Crippen LogP) is 2.53. The van der Waals surface area contributed by atoms with Crippen molar-refractivity contribution < 1.29 is 4.39 Å². The van der Waals surface area contributed by atoms with Crippen LogP contribution in [0.5, 0.6) is 0 Å². The van der Waals surface area contributed by atoms with Gasteiger partial charge in [-0.3, -0.25) is 4.90 Å². The third kappa shape index (κ3) is 3.27. The van der Waals surface area contributed by atoms with Crippen molar-refractivity contribution in [3.8, 4) is 0 Å². The van der Waals surface area contributed by atoms with E-state index in [-0.39, 0.29) is 11.9 Å². The van der Waals surface area contributed by atoms with E-state index in [4.69, 9.17) is 5.73 Å². The zero-order valence-electron chi connectivity index (χ0n) is 10.4. The van der Waals surface area contributed by atoms with Gasteiger partial charge in [-0.05, 0) is 37.6 Å². The summed E-state index contributed by atoms with van der Waals surface area (Å²) in [5.41, 5.74) is 7.30. The van der Waals surface area contributed by atoms with Crippen LogP contribution in [0, 0.1) is 5.82 Å². The van der Waals surface area contributed by atoms with Gasteiger partial charge in [0.2, 0.25) is 0 Å². The van der Waals surface area contributed by atoms with Crippen molar-refractivity contribution >= 4 is 0 Å². The van der Waals surface area contributed by atoms with E-state index in [9.17, 15) is 4.39 Å². The van der Waals surface area contributed by atoms with Gasteiger partial charge < -0.3 is 5.73 Å². The molecule has 1 fully saturated rings. The largest absolute Gasteiger partial charge is 0.326 e. The predicted molar refractivity (Wildman–Crippen MR) is 68.1 cm³/mol. The maximum atomic E-state index is 12.8.